The van der Waals surface area contributed by atoms with Gasteiger partial charge in [-0.15, -0.1) is 0 Å². The summed E-state index contributed by atoms with van der Waals surface area (Å²) in [5.74, 6) is -0.675. The van der Waals surface area contributed by atoms with Crippen LogP contribution in [0.5, 0.6) is 0 Å². The van der Waals surface area contributed by atoms with Crippen molar-refractivity contribution in [2.24, 2.45) is 28.6 Å². The number of hydrogen-bond acceptors (Lipinski definition) is 6. The van der Waals surface area contributed by atoms with Gasteiger partial charge in [-0.3, -0.25) is 14.4 Å². The molecule has 6 nitrogen and oxygen atoms in total. The van der Waals surface area contributed by atoms with Crippen molar-refractivity contribution in [1.29, 1.82) is 0 Å². The maximum absolute atomic E-state index is 13.1. The molecule has 6 heteroatoms. The summed E-state index contributed by atoms with van der Waals surface area (Å²) in [5, 5.41) is 21.3. The zero-order valence-corrected chi connectivity index (χ0v) is 19.4. The molecule has 3 fully saturated rings. The zero-order valence-electron chi connectivity index (χ0n) is 19.4. The lowest BCUT2D eigenvalue weighted by Crippen LogP contribution is -2.63. The number of hydrogen-bond donors (Lipinski definition) is 2. The lowest BCUT2D eigenvalue weighted by molar-refractivity contribution is -0.200. The van der Waals surface area contributed by atoms with Crippen LogP contribution in [0.4, 0.5) is 0 Å². The number of ether oxygens (including phenoxy) is 1. The summed E-state index contributed by atoms with van der Waals surface area (Å²) in [4.78, 5) is 37.8. The van der Waals surface area contributed by atoms with Crippen LogP contribution in [0.3, 0.4) is 0 Å². The number of carbonyl (C=O) groups excluding carboxylic acids is 3. The average Bonchev–Trinajstić information content (AvgIpc) is 3.04. The number of carbonyl (C=O) groups is 3. The zero-order chi connectivity index (χ0) is 23.3. The molecule has 0 radical (unpaired) electrons. The number of fused-ring (bicyclic) bond motifs is 5. The minimum Gasteiger partial charge on any atom is -0.450 e. The largest absolute Gasteiger partial charge is 0.450 e. The fourth-order valence-corrected chi connectivity index (χ4v) is 7.69. The molecule has 176 valence electrons. The van der Waals surface area contributed by atoms with Crippen LogP contribution in [0.25, 0.3) is 0 Å². The highest BCUT2D eigenvalue weighted by molar-refractivity contribution is 6.01. The molecule has 0 spiro atoms. The van der Waals surface area contributed by atoms with Crippen LogP contribution in [0.1, 0.15) is 72.1 Å². The molecule has 32 heavy (non-hydrogen) atoms. The van der Waals surface area contributed by atoms with Crippen LogP contribution >= 0.6 is 0 Å². The van der Waals surface area contributed by atoms with Gasteiger partial charge in [0, 0.05) is 23.2 Å². The van der Waals surface area contributed by atoms with E-state index in [-0.39, 0.29) is 35.4 Å². The van der Waals surface area contributed by atoms with Crippen LogP contribution < -0.4 is 0 Å². The number of esters is 1. The fourth-order valence-electron chi connectivity index (χ4n) is 7.69. The monoisotopic (exact) mass is 444 g/mol. The standard InChI is InChI=1S/C26H36O6/c1-4-5-6-22(31)32-26(21(30)15-27)12-10-19-18-8-7-16-13-17(28)9-11-24(16,2)23(18)20(29)14-25(19,26)3/h9,11,13,18-20,23,27,29H,4-8,10,12,14-15H2,1-3H3/t18-,19-,20+,23+,24+,25+,26-/m1/s1. The third-order valence-electron chi connectivity index (χ3n) is 9.23. The molecule has 7 atom stereocenters. The highest BCUT2D eigenvalue weighted by atomic mass is 16.6. The van der Waals surface area contributed by atoms with Gasteiger partial charge in [-0.2, -0.15) is 0 Å². The van der Waals surface area contributed by atoms with Crippen molar-refractivity contribution < 1.29 is 29.3 Å². The Bertz CT molecular complexity index is 874. The Morgan fingerprint density at radius 1 is 1.25 bits per heavy atom. The molecule has 0 saturated heterocycles. The third kappa shape index (κ3) is 3.25. The summed E-state index contributed by atoms with van der Waals surface area (Å²) in [6.07, 6.45) is 9.42. The molecule has 0 amide bonds. The van der Waals surface area contributed by atoms with E-state index in [2.05, 4.69) is 6.92 Å². The Labute approximate surface area is 190 Å². The van der Waals surface area contributed by atoms with Crippen LogP contribution in [-0.4, -0.2) is 46.1 Å². The van der Waals surface area contributed by atoms with Gasteiger partial charge < -0.3 is 14.9 Å². The summed E-state index contributed by atoms with van der Waals surface area (Å²) in [5.41, 5.74) is -1.43. The molecule has 4 rings (SSSR count). The van der Waals surface area contributed by atoms with Crippen LogP contribution in [0, 0.1) is 28.6 Å². The van der Waals surface area contributed by atoms with Gasteiger partial charge in [0.05, 0.1) is 6.10 Å². The highest BCUT2D eigenvalue weighted by Crippen LogP contribution is 2.67. The fraction of sp³-hybridized carbons (Fsp3) is 0.731. The molecule has 0 aliphatic heterocycles. The predicted molar refractivity (Wildman–Crippen MR) is 118 cm³/mol. The second-order valence-electron chi connectivity index (χ2n) is 10.7. The minimum atomic E-state index is -1.39. The van der Waals surface area contributed by atoms with Crippen molar-refractivity contribution in [2.45, 2.75) is 83.8 Å². The maximum Gasteiger partial charge on any atom is 0.306 e. The SMILES string of the molecule is CCCCC(=O)O[C@@]1(C(=O)CO)CC[C@@H]2[C@H]3CCC4=CC(=O)C=C[C@]4(C)[C@@H]3[C@@H](O)C[C@@]21C. The maximum atomic E-state index is 13.1. The van der Waals surface area contributed by atoms with E-state index in [1.807, 2.05) is 19.9 Å². The number of allylic oxidation sites excluding steroid dienone is 4. The number of unbranched alkanes of at least 4 members (excludes halogenated alkanes) is 1. The smallest absolute Gasteiger partial charge is 0.306 e. The molecule has 0 aromatic rings. The lowest BCUT2D eigenvalue weighted by atomic mass is 9.46. The molecule has 0 heterocycles. The Hall–Kier alpha value is -1.79. The van der Waals surface area contributed by atoms with Crippen molar-refractivity contribution in [3.05, 3.63) is 23.8 Å². The van der Waals surface area contributed by atoms with Crippen LogP contribution in [-0.2, 0) is 19.1 Å². The van der Waals surface area contributed by atoms with Gasteiger partial charge in [-0.1, -0.05) is 38.8 Å². The predicted octanol–water partition coefficient (Wildman–Crippen LogP) is 3.30. The second kappa shape index (κ2) is 8.21. The summed E-state index contributed by atoms with van der Waals surface area (Å²) in [7, 11) is 0. The minimum absolute atomic E-state index is 0.00141. The molecule has 0 bridgehead atoms. The molecular weight excluding hydrogens is 408 g/mol. The first-order valence-electron chi connectivity index (χ1n) is 12.1. The third-order valence-corrected chi connectivity index (χ3v) is 9.23. The van der Waals surface area contributed by atoms with Crippen molar-refractivity contribution in [2.75, 3.05) is 6.61 Å². The summed E-state index contributed by atoms with van der Waals surface area (Å²) < 4.78 is 5.97. The normalized spacial score (nSPS) is 42.5. The highest BCUT2D eigenvalue weighted by Gasteiger charge is 2.70. The van der Waals surface area contributed by atoms with E-state index >= 15 is 0 Å². The Morgan fingerprint density at radius 2 is 2.00 bits per heavy atom. The first-order valence-corrected chi connectivity index (χ1v) is 12.1. The molecule has 4 aliphatic carbocycles. The number of ketones is 2. The van der Waals surface area contributed by atoms with Gasteiger partial charge in [-0.05, 0) is 62.5 Å². The van der Waals surface area contributed by atoms with Gasteiger partial charge in [0.1, 0.15) is 6.61 Å². The van der Waals surface area contributed by atoms with E-state index in [4.69, 9.17) is 4.74 Å². The first-order chi connectivity index (χ1) is 15.1. The summed E-state index contributed by atoms with van der Waals surface area (Å²) in [6, 6.07) is 0. The molecule has 0 aromatic heterocycles. The van der Waals surface area contributed by atoms with Gasteiger partial charge in [0.2, 0.25) is 5.78 Å². The van der Waals surface area contributed by atoms with E-state index in [9.17, 15) is 24.6 Å². The quantitative estimate of drug-likeness (QED) is 0.610. The number of aliphatic hydroxyl groups excluding tert-OH is 2. The molecule has 3 saturated carbocycles. The summed E-state index contributed by atoms with van der Waals surface area (Å²) >= 11 is 0. The van der Waals surface area contributed by atoms with Crippen molar-refractivity contribution in [3.8, 4) is 0 Å². The average molecular weight is 445 g/mol. The van der Waals surface area contributed by atoms with Gasteiger partial charge in [-0.25, -0.2) is 0 Å². The first kappa shape index (κ1) is 23.4. The molecule has 2 N–H and O–H groups in total. The molecule has 4 aliphatic rings. The van der Waals surface area contributed by atoms with E-state index < -0.39 is 35.5 Å². The Morgan fingerprint density at radius 3 is 2.69 bits per heavy atom. The van der Waals surface area contributed by atoms with E-state index in [1.54, 1.807) is 12.2 Å². The van der Waals surface area contributed by atoms with Crippen molar-refractivity contribution >= 4 is 17.5 Å². The van der Waals surface area contributed by atoms with Crippen molar-refractivity contribution in [1.82, 2.24) is 0 Å². The Kier molecular flexibility index (Phi) is 6.00. The second-order valence-corrected chi connectivity index (χ2v) is 10.7. The lowest BCUT2D eigenvalue weighted by Gasteiger charge is -2.59. The number of Topliss-reactive ketones (excluding diaryl/α,β-unsaturated/α-hetero) is 1. The summed E-state index contributed by atoms with van der Waals surface area (Å²) in [6.45, 7) is 5.39. The number of rotatable bonds is 6. The molecule has 0 aromatic carbocycles. The van der Waals surface area contributed by atoms with Gasteiger partial charge in [0.15, 0.2) is 11.4 Å². The topological polar surface area (TPSA) is 101 Å². The Balaban J connectivity index is 1.70. The van der Waals surface area contributed by atoms with Gasteiger partial charge >= 0.3 is 5.97 Å². The van der Waals surface area contributed by atoms with Gasteiger partial charge in [0.25, 0.3) is 0 Å². The van der Waals surface area contributed by atoms with Crippen LogP contribution in [0.2, 0.25) is 0 Å². The van der Waals surface area contributed by atoms with Crippen molar-refractivity contribution in [3.63, 3.8) is 0 Å². The van der Waals surface area contributed by atoms with E-state index in [1.165, 1.54) is 0 Å². The van der Waals surface area contributed by atoms with Crippen LogP contribution in [0.15, 0.2) is 23.8 Å². The molecule has 0 unspecified atom stereocenters. The molecular formula is C26H36O6. The van der Waals surface area contributed by atoms with E-state index in [0.717, 1.165) is 31.3 Å². The van der Waals surface area contributed by atoms with E-state index in [0.29, 0.717) is 19.3 Å². The number of aliphatic hydroxyl groups is 2.